The van der Waals surface area contributed by atoms with Crippen molar-refractivity contribution >= 4 is 22.8 Å². The van der Waals surface area contributed by atoms with Gasteiger partial charge in [-0.05, 0) is 53.7 Å². The van der Waals surface area contributed by atoms with Crippen molar-refractivity contribution < 1.29 is 9.59 Å². The zero-order valence-corrected chi connectivity index (χ0v) is 19.8. The highest BCUT2D eigenvalue weighted by Gasteiger charge is 2.33. The number of aromatic amines is 1. The van der Waals surface area contributed by atoms with Gasteiger partial charge in [0.1, 0.15) is 11.0 Å². The summed E-state index contributed by atoms with van der Waals surface area (Å²) in [5.74, 6) is 1.01. The van der Waals surface area contributed by atoms with Crippen LogP contribution in [0, 0.1) is 5.92 Å². The van der Waals surface area contributed by atoms with E-state index < -0.39 is 0 Å². The second-order valence-electron chi connectivity index (χ2n) is 9.67. The van der Waals surface area contributed by atoms with Crippen LogP contribution < -0.4 is 0 Å². The Morgan fingerprint density at radius 2 is 1.91 bits per heavy atom. The lowest BCUT2D eigenvalue weighted by atomic mass is 9.94. The van der Waals surface area contributed by atoms with Crippen molar-refractivity contribution in [2.75, 3.05) is 26.2 Å². The van der Waals surface area contributed by atoms with E-state index in [0.29, 0.717) is 49.0 Å². The molecule has 1 N–H and O–H groups in total. The number of fused-ring (bicyclic) bond motifs is 2. The van der Waals surface area contributed by atoms with Crippen molar-refractivity contribution in [3.63, 3.8) is 0 Å². The fourth-order valence-corrected chi connectivity index (χ4v) is 5.20. The third-order valence-electron chi connectivity index (χ3n) is 7.15. The lowest BCUT2D eigenvalue weighted by Crippen LogP contribution is -2.33. The molecule has 1 atom stereocenters. The van der Waals surface area contributed by atoms with Crippen molar-refractivity contribution in [1.82, 2.24) is 25.2 Å². The van der Waals surface area contributed by atoms with Crippen molar-refractivity contribution in [3.05, 3.63) is 70.8 Å². The van der Waals surface area contributed by atoms with Crippen LogP contribution in [0.1, 0.15) is 54.1 Å². The van der Waals surface area contributed by atoms with E-state index in [1.165, 1.54) is 16.7 Å². The van der Waals surface area contributed by atoms with Crippen molar-refractivity contribution in [1.29, 1.82) is 0 Å². The van der Waals surface area contributed by atoms with Crippen LogP contribution in [0.4, 0.5) is 0 Å². The van der Waals surface area contributed by atoms with Crippen LogP contribution in [0.2, 0.25) is 0 Å². The zero-order valence-electron chi connectivity index (χ0n) is 19.8. The standard InChI is InChI=1S/C27H31N5O2/c1-18(2)23-6-4-3-5-19(23)8-10-26(33)31-13-11-21-16-32(17-22(21)12-14-31)27(34)20-7-9-24-25(15-20)29-30-28-24/h3-7,9,11,15,18,22H,8,10,12-14,16-17H2,1-2H3,(H,28,29,30)/t22-/m1/s1. The first kappa shape index (κ1) is 22.3. The normalized spacial score (nSPS) is 18.2. The van der Waals surface area contributed by atoms with Gasteiger partial charge in [0.2, 0.25) is 5.91 Å². The van der Waals surface area contributed by atoms with Gasteiger partial charge in [-0.25, -0.2) is 0 Å². The molecule has 2 aliphatic heterocycles. The molecule has 0 spiro atoms. The molecule has 2 amide bonds. The quantitative estimate of drug-likeness (QED) is 0.588. The number of hydrogen-bond donors (Lipinski definition) is 1. The molecule has 0 unspecified atom stereocenters. The Bertz CT molecular complexity index is 1240. The molecule has 7 nitrogen and oxygen atoms in total. The Balaban J connectivity index is 1.20. The second kappa shape index (κ2) is 9.41. The molecule has 3 aromatic rings. The summed E-state index contributed by atoms with van der Waals surface area (Å²) in [7, 11) is 0. The van der Waals surface area contributed by atoms with E-state index in [-0.39, 0.29) is 11.8 Å². The summed E-state index contributed by atoms with van der Waals surface area (Å²) in [6.45, 7) is 7.09. The predicted molar refractivity (Wildman–Crippen MR) is 131 cm³/mol. The minimum Gasteiger partial charge on any atom is -0.339 e. The van der Waals surface area contributed by atoms with Crippen LogP contribution >= 0.6 is 0 Å². The van der Waals surface area contributed by atoms with Crippen LogP contribution in [0.15, 0.2) is 54.1 Å². The van der Waals surface area contributed by atoms with Gasteiger partial charge < -0.3 is 9.80 Å². The highest BCUT2D eigenvalue weighted by Crippen LogP contribution is 2.30. The number of aryl methyl sites for hydroxylation is 1. The van der Waals surface area contributed by atoms with Crippen LogP contribution in [0.25, 0.3) is 11.0 Å². The Morgan fingerprint density at radius 3 is 2.76 bits per heavy atom. The van der Waals surface area contributed by atoms with Gasteiger partial charge in [-0.2, -0.15) is 15.4 Å². The first-order valence-electron chi connectivity index (χ1n) is 12.1. The lowest BCUT2D eigenvalue weighted by molar-refractivity contribution is -0.130. The van der Waals surface area contributed by atoms with E-state index >= 15 is 0 Å². The predicted octanol–water partition coefficient (Wildman–Crippen LogP) is 3.94. The van der Waals surface area contributed by atoms with Gasteiger partial charge in [-0.1, -0.05) is 44.2 Å². The van der Waals surface area contributed by atoms with Gasteiger partial charge in [-0.15, -0.1) is 0 Å². The average molecular weight is 458 g/mol. The Kier molecular flexibility index (Phi) is 6.18. The first-order chi connectivity index (χ1) is 16.5. The summed E-state index contributed by atoms with van der Waals surface area (Å²) >= 11 is 0. The highest BCUT2D eigenvalue weighted by molar-refractivity contribution is 5.97. The number of amides is 2. The van der Waals surface area contributed by atoms with Crippen LogP contribution in [-0.4, -0.2) is 63.2 Å². The molecule has 1 fully saturated rings. The maximum absolute atomic E-state index is 13.1. The minimum absolute atomic E-state index is 0.0237. The number of hydrogen-bond acceptors (Lipinski definition) is 4. The van der Waals surface area contributed by atoms with Crippen LogP contribution in [-0.2, 0) is 11.2 Å². The first-order valence-corrected chi connectivity index (χ1v) is 12.1. The van der Waals surface area contributed by atoms with Gasteiger partial charge in [0, 0.05) is 44.1 Å². The second-order valence-corrected chi connectivity index (χ2v) is 9.67. The number of benzene rings is 2. The summed E-state index contributed by atoms with van der Waals surface area (Å²) in [5, 5.41) is 10.7. The van der Waals surface area contributed by atoms with Gasteiger partial charge in [0.25, 0.3) is 5.91 Å². The number of carbonyl (C=O) groups excluding carboxylic acids is 2. The molecular weight excluding hydrogens is 426 g/mol. The number of nitrogens with one attached hydrogen (secondary N) is 1. The molecule has 0 saturated carbocycles. The molecule has 1 saturated heterocycles. The summed E-state index contributed by atoms with van der Waals surface area (Å²) < 4.78 is 0. The summed E-state index contributed by atoms with van der Waals surface area (Å²) in [6, 6.07) is 13.9. The van der Waals surface area contributed by atoms with Crippen molar-refractivity contribution in [2.24, 2.45) is 5.92 Å². The average Bonchev–Trinajstić information content (AvgIpc) is 3.44. The molecule has 7 heteroatoms. The number of nitrogens with zero attached hydrogens (tertiary/aromatic N) is 4. The monoisotopic (exact) mass is 457 g/mol. The van der Waals surface area contributed by atoms with Gasteiger partial charge in [0.05, 0.1) is 0 Å². The lowest BCUT2D eigenvalue weighted by Gasteiger charge is -2.22. The molecule has 34 heavy (non-hydrogen) atoms. The van der Waals surface area contributed by atoms with E-state index in [4.69, 9.17) is 0 Å². The number of carbonyl (C=O) groups is 2. The Labute approximate surface area is 199 Å². The van der Waals surface area contributed by atoms with E-state index in [1.54, 1.807) is 6.07 Å². The molecule has 2 aromatic carbocycles. The molecule has 1 aromatic heterocycles. The van der Waals surface area contributed by atoms with E-state index in [0.717, 1.165) is 24.9 Å². The van der Waals surface area contributed by atoms with E-state index in [1.807, 2.05) is 21.9 Å². The molecule has 2 aliphatic rings. The maximum Gasteiger partial charge on any atom is 0.254 e. The topological polar surface area (TPSA) is 82.2 Å². The molecule has 176 valence electrons. The minimum atomic E-state index is 0.0237. The number of H-pyrrole nitrogens is 1. The van der Waals surface area contributed by atoms with Crippen molar-refractivity contribution in [2.45, 2.75) is 39.0 Å². The highest BCUT2D eigenvalue weighted by atomic mass is 16.2. The third-order valence-corrected chi connectivity index (χ3v) is 7.15. The van der Waals surface area contributed by atoms with Crippen LogP contribution in [0.5, 0.6) is 0 Å². The molecule has 3 heterocycles. The van der Waals surface area contributed by atoms with E-state index in [2.05, 4.69) is 59.6 Å². The van der Waals surface area contributed by atoms with Gasteiger partial charge in [-0.3, -0.25) is 9.59 Å². The largest absolute Gasteiger partial charge is 0.339 e. The Hall–Kier alpha value is -3.48. The molecule has 0 radical (unpaired) electrons. The van der Waals surface area contributed by atoms with E-state index in [9.17, 15) is 9.59 Å². The summed E-state index contributed by atoms with van der Waals surface area (Å²) in [4.78, 5) is 30.0. The third kappa shape index (κ3) is 4.47. The molecule has 0 aliphatic carbocycles. The van der Waals surface area contributed by atoms with Gasteiger partial charge >= 0.3 is 0 Å². The zero-order chi connectivity index (χ0) is 23.7. The fourth-order valence-electron chi connectivity index (χ4n) is 5.20. The summed E-state index contributed by atoms with van der Waals surface area (Å²) in [5.41, 5.74) is 5.96. The fraction of sp³-hybridized carbons (Fsp3) is 0.407. The molecular formula is C27H31N5O2. The SMILES string of the molecule is CC(C)c1ccccc1CCC(=O)N1CC=C2CN(C(=O)c3ccc4n[nH]nc4c3)C[C@H]2CC1. The summed E-state index contributed by atoms with van der Waals surface area (Å²) in [6.07, 6.45) is 4.38. The van der Waals surface area contributed by atoms with Gasteiger partial charge in [0.15, 0.2) is 0 Å². The number of likely N-dealkylation sites (tertiary alicyclic amines) is 1. The smallest absolute Gasteiger partial charge is 0.254 e. The number of aromatic nitrogens is 3. The molecule has 5 rings (SSSR count). The molecule has 0 bridgehead atoms. The maximum atomic E-state index is 13.1. The van der Waals surface area contributed by atoms with Crippen LogP contribution in [0.3, 0.4) is 0 Å². The number of rotatable bonds is 5. The van der Waals surface area contributed by atoms with Crippen molar-refractivity contribution in [3.8, 4) is 0 Å². The Morgan fingerprint density at radius 1 is 1.09 bits per heavy atom.